The van der Waals surface area contributed by atoms with Crippen molar-refractivity contribution in [2.75, 3.05) is 0 Å². The maximum Gasteiger partial charge on any atom is 0.340 e. The summed E-state index contributed by atoms with van der Waals surface area (Å²) in [7, 11) is 0. The van der Waals surface area contributed by atoms with Gasteiger partial charge in [-0.1, -0.05) is 72.8 Å². The summed E-state index contributed by atoms with van der Waals surface area (Å²) in [6.07, 6.45) is 0. The molecule has 3 heteroatoms. The molecule has 0 saturated heterocycles. The van der Waals surface area contributed by atoms with Gasteiger partial charge in [-0.3, -0.25) is 0 Å². The third-order valence-corrected chi connectivity index (χ3v) is 5.19. The van der Waals surface area contributed by atoms with Crippen molar-refractivity contribution in [2.24, 2.45) is 0 Å². The summed E-state index contributed by atoms with van der Waals surface area (Å²) in [5.41, 5.74) is 1.45. The fourth-order valence-electron chi connectivity index (χ4n) is 3.96. The number of phenols is 1. The largest absolute Gasteiger partial charge is 0.507 e. The van der Waals surface area contributed by atoms with Crippen LogP contribution in [0.2, 0.25) is 0 Å². The molecule has 27 heavy (non-hydrogen) atoms. The molecule has 5 rings (SSSR count). The Balaban J connectivity index is 1.91. The van der Waals surface area contributed by atoms with Gasteiger partial charge in [0, 0.05) is 16.7 Å². The van der Waals surface area contributed by atoms with Crippen molar-refractivity contribution in [3.63, 3.8) is 0 Å². The predicted octanol–water partition coefficient (Wildman–Crippen LogP) is 5.01. The van der Waals surface area contributed by atoms with Crippen LogP contribution in [0.4, 0.5) is 0 Å². The van der Waals surface area contributed by atoms with Gasteiger partial charge in [0.1, 0.15) is 5.75 Å². The Labute approximate surface area is 156 Å². The van der Waals surface area contributed by atoms with Crippen LogP contribution in [0.1, 0.15) is 27.0 Å². The molecule has 0 fully saturated rings. The second-order valence-corrected chi connectivity index (χ2v) is 6.70. The molecule has 1 heterocycles. The molecule has 130 valence electrons. The lowest BCUT2D eigenvalue weighted by molar-refractivity contribution is 0.0246. The SMILES string of the molecule is O=C1OC(c2ccccc2)(c2ccccc2O)c2cc3ccccc3cc21. The first kappa shape index (κ1) is 15.6. The van der Waals surface area contributed by atoms with E-state index in [0.29, 0.717) is 11.1 Å². The fraction of sp³-hybridized carbons (Fsp3) is 0.0417. The monoisotopic (exact) mass is 352 g/mol. The smallest absolute Gasteiger partial charge is 0.340 e. The van der Waals surface area contributed by atoms with Crippen molar-refractivity contribution >= 4 is 16.7 Å². The van der Waals surface area contributed by atoms with E-state index in [-0.39, 0.29) is 11.7 Å². The van der Waals surface area contributed by atoms with Gasteiger partial charge in [-0.15, -0.1) is 0 Å². The average molecular weight is 352 g/mol. The molecule has 0 spiro atoms. The summed E-state index contributed by atoms with van der Waals surface area (Å²) in [6.45, 7) is 0. The van der Waals surface area contributed by atoms with E-state index < -0.39 is 5.60 Å². The van der Waals surface area contributed by atoms with Crippen molar-refractivity contribution in [2.45, 2.75) is 5.60 Å². The molecule has 1 aliphatic rings. The molecule has 1 atom stereocenters. The number of fused-ring (bicyclic) bond motifs is 2. The van der Waals surface area contributed by atoms with Gasteiger partial charge in [-0.2, -0.15) is 0 Å². The summed E-state index contributed by atoms with van der Waals surface area (Å²) in [6, 6.07) is 28.4. The third-order valence-electron chi connectivity index (χ3n) is 5.19. The number of cyclic esters (lactones) is 1. The summed E-state index contributed by atoms with van der Waals surface area (Å²) >= 11 is 0. The highest BCUT2D eigenvalue weighted by molar-refractivity contribution is 6.01. The minimum atomic E-state index is -1.18. The number of benzene rings is 4. The van der Waals surface area contributed by atoms with Crippen LogP contribution in [-0.4, -0.2) is 11.1 Å². The highest BCUT2D eigenvalue weighted by Crippen LogP contribution is 2.50. The standard InChI is InChI=1S/C24H16O3/c25-22-13-7-6-12-20(22)24(18-10-2-1-3-11-18)21-15-17-9-5-4-8-16(17)14-19(21)23(26)27-24/h1-15,25H. The lowest BCUT2D eigenvalue weighted by Gasteiger charge is -2.30. The molecule has 1 N–H and O–H groups in total. The maximum atomic E-state index is 12.9. The molecule has 1 aliphatic heterocycles. The van der Waals surface area contributed by atoms with Crippen LogP contribution in [0.3, 0.4) is 0 Å². The van der Waals surface area contributed by atoms with Gasteiger partial charge in [0.2, 0.25) is 0 Å². The second kappa shape index (κ2) is 5.71. The number of carbonyl (C=O) groups excluding carboxylic acids is 1. The van der Waals surface area contributed by atoms with Crippen LogP contribution in [0, 0.1) is 0 Å². The molecule has 0 saturated carbocycles. The van der Waals surface area contributed by atoms with Gasteiger partial charge < -0.3 is 9.84 Å². The highest BCUT2D eigenvalue weighted by atomic mass is 16.6. The molecular formula is C24H16O3. The Morgan fingerprint density at radius 1 is 0.704 bits per heavy atom. The number of ether oxygens (including phenoxy) is 1. The van der Waals surface area contributed by atoms with Crippen LogP contribution in [0.15, 0.2) is 91.0 Å². The number of esters is 1. The maximum absolute atomic E-state index is 12.9. The molecule has 3 nitrogen and oxygen atoms in total. The van der Waals surface area contributed by atoms with Crippen LogP contribution in [0.5, 0.6) is 5.75 Å². The highest BCUT2D eigenvalue weighted by Gasteiger charge is 2.49. The van der Waals surface area contributed by atoms with E-state index in [9.17, 15) is 9.90 Å². The van der Waals surface area contributed by atoms with Gasteiger partial charge in [-0.05, 0) is 29.0 Å². The summed E-state index contributed by atoms with van der Waals surface area (Å²) < 4.78 is 6.04. The van der Waals surface area contributed by atoms with E-state index >= 15 is 0 Å². The Bertz CT molecular complexity index is 1180. The number of aromatic hydroxyl groups is 1. The van der Waals surface area contributed by atoms with E-state index in [1.165, 1.54) is 0 Å². The van der Waals surface area contributed by atoms with Crippen LogP contribution < -0.4 is 0 Å². The number of rotatable bonds is 2. The summed E-state index contributed by atoms with van der Waals surface area (Å²) in [5, 5.41) is 12.6. The number of para-hydroxylation sites is 1. The van der Waals surface area contributed by atoms with Gasteiger partial charge >= 0.3 is 5.97 Å². The summed E-state index contributed by atoms with van der Waals surface area (Å²) in [5.74, 6) is -0.293. The zero-order chi connectivity index (χ0) is 18.4. The van der Waals surface area contributed by atoms with E-state index in [0.717, 1.165) is 21.9 Å². The lowest BCUT2D eigenvalue weighted by Crippen LogP contribution is -2.29. The Hall–Kier alpha value is -3.59. The normalized spacial score (nSPS) is 18.3. The summed E-state index contributed by atoms with van der Waals surface area (Å²) in [4.78, 5) is 12.9. The van der Waals surface area contributed by atoms with Crippen LogP contribution in [-0.2, 0) is 10.3 Å². The van der Waals surface area contributed by atoms with Gasteiger partial charge in [-0.25, -0.2) is 4.79 Å². The van der Waals surface area contributed by atoms with Crippen LogP contribution >= 0.6 is 0 Å². The molecule has 1 unspecified atom stereocenters. The number of carbonyl (C=O) groups is 1. The molecular weight excluding hydrogens is 336 g/mol. The van der Waals surface area contributed by atoms with Crippen molar-refractivity contribution < 1.29 is 14.6 Å². The number of hydrogen-bond acceptors (Lipinski definition) is 3. The zero-order valence-corrected chi connectivity index (χ0v) is 14.4. The van der Waals surface area contributed by atoms with Gasteiger partial charge in [0.05, 0.1) is 5.56 Å². The van der Waals surface area contributed by atoms with E-state index in [1.54, 1.807) is 18.2 Å². The van der Waals surface area contributed by atoms with Gasteiger partial charge in [0.15, 0.2) is 5.60 Å². The zero-order valence-electron chi connectivity index (χ0n) is 14.4. The molecule has 4 aromatic carbocycles. The molecule has 0 aromatic heterocycles. The Morgan fingerprint density at radius 3 is 2.07 bits per heavy atom. The van der Waals surface area contributed by atoms with E-state index in [2.05, 4.69) is 0 Å². The Kier molecular flexibility index (Phi) is 3.31. The number of phenolic OH excluding ortho intramolecular Hbond substituents is 1. The lowest BCUT2D eigenvalue weighted by atomic mass is 9.79. The van der Waals surface area contributed by atoms with Crippen molar-refractivity contribution in [1.29, 1.82) is 0 Å². The first-order valence-corrected chi connectivity index (χ1v) is 8.81. The van der Waals surface area contributed by atoms with Gasteiger partial charge in [0.25, 0.3) is 0 Å². The van der Waals surface area contributed by atoms with Crippen molar-refractivity contribution in [3.8, 4) is 5.75 Å². The van der Waals surface area contributed by atoms with Crippen molar-refractivity contribution in [3.05, 3.63) is 113 Å². The first-order chi connectivity index (χ1) is 13.2. The fourth-order valence-corrected chi connectivity index (χ4v) is 3.96. The Morgan fingerprint density at radius 2 is 1.33 bits per heavy atom. The van der Waals surface area contributed by atoms with Crippen molar-refractivity contribution in [1.82, 2.24) is 0 Å². The molecule has 0 aliphatic carbocycles. The topological polar surface area (TPSA) is 46.5 Å². The molecule has 0 bridgehead atoms. The molecule has 0 amide bonds. The third kappa shape index (κ3) is 2.18. The number of hydrogen-bond donors (Lipinski definition) is 1. The van der Waals surface area contributed by atoms with Crippen LogP contribution in [0.25, 0.3) is 10.8 Å². The van der Waals surface area contributed by atoms with E-state index in [4.69, 9.17) is 4.74 Å². The molecule has 0 radical (unpaired) electrons. The minimum absolute atomic E-state index is 0.0927. The first-order valence-electron chi connectivity index (χ1n) is 8.81. The minimum Gasteiger partial charge on any atom is -0.507 e. The average Bonchev–Trinajstić information content (AvgIpc) is 3.00. The van der Waals surface area contributed by atoms with E-state index in [1.807, 2.05) is 72.8 Å². The second-order valence-electron chi connectivity index (χ2n) is 6.70. The molecule has 4 aromatic rings. The predicted molar refractivity (Wildman–Crippen MR) is 104 cm³/mol. The quantitative estimate of drug-likeness (QED) is 0.516.